The number of halogens is 1. The van der Waals surface area contributed by atoms with Crippen LogP contribution >= 0.6 is 11.6 Å². The Hall–Kier alpha value is -1.01. The Morgan fingerprint density at radius 3 is 2.64 bits per heavy atom. The number of hydrogen-bond donors (Lipinski definition) is 0. The molecule has 0 unspecified atom stereocenters. The van der Waals surface area contributed by atoms with Crippen LogP contribution in [0, 0.1) is 0 Å². The first-order chi connectivity index (χ1) is 6.83. The van der Waals surface area contributed by atoms with Gasteiger partial charge in [-0.15, -0.1) is 0 Å². The van der Waals surface area contributed by atoms with Gasteiger partial charge in [0.2, 0.25) is 0 Å². The van der Waals surface area contributed by atoms with Gasteiger partial charge in [0.1, 0.15) is 0 Å². The van der Waals surface area contributed by atoms with Crippen molar-refractivity contribution in [3.8, 4) is 0 Å². The second kappa shape index (κ2) is 4.02. The number of hydrogen-bond acceptors (Lipinski definition) is 0. The molecule has 0 amide bonds. The normalized spacial score (nSPS) is 10.7. The minimum absolute atomic E-state index is 0.921. The van der Waals surface area contributed by atoms with E-state index >= 15 is 0 Å². The van der Waals surface area contributed by atoms with Gasteiger partial charge in [0, 0.05) is 5.39 Å². The molecule has 0 nitrogen and oxygen atoms in total. The predicted molar refractivity (Wildman–Crippen MR) is 63.0 cm³/mol. The van der Waals surface area contributed by atoms with Crippen molar-refractivity contribution in [2.24, 2.45) is 0 Å². The van der Waals surface area contributed by atoms with Gasteiger partial charge in [-0.2, -0.15) is 0 Å². The molecule has 1 heteroatoms. The zero-order valence-corrected chi connectivity index (χ0v) is 9.01. The van der Waals surface area contributed by atoms with Crippen molar-refractivity contribution < 1.29 is 0 Å². The molecule has 0 heterocycles. The lowest BCUT2D eigenvalue weighted by Gasteiger charge is -2.06. The zero-order chi connectivity index (χ0) is 9.97. The van der Waals surface area contributed by atoms with Crippen molar-refractivity contribution in [2.45, 2.75) is 19.8 Å². The lowest BCUT2D eigenvalue weighted by atomic mass is 10.0. The van der Waals surface area contributed by atoms with Crippen molar-refractivity contribution in [1.82, 2.24) is 0 Å². The molecule has 0 saturated carbocycles. The van der Waals surface area contributed by atoms with Gasteiger partial charge >= 0.3 is 0 Å². The fourth-order valence-electron chi connectivity index (χ4n) is 1.74. The van der Waals surface area contributed by atoms with E-state index in [1.54, 1.807) is 0 Å². The van der Waals surface area contributed by atoms with Crippen LogP contribution < -0.4 is 0 Å². The van der Waals surface area contributed by atoms with Crippen molar-refractivity contribution in [3.05, 3.63) is 47.0 Å². The third-order valence-electron chi connectivity index (χ3n) is 2.46. The van der Waals surface area contributed by atoms with Gasteiger partial charge < -0.3 is 0 Å². The van der Waals surface area contributed by atoms with Gasteiger partial charge in [-0.25, -0.2) is 0 Å². The minimum Gasteiger partial charge on any atom is -0.0834 e. The molecule has 2 rings (SSSR count). The van der Waals surface area contributed by atoms with Crippen LogP contribution in [0.1, 0.15) is 18.9 Å². The second-order valence-electron chi connectivity index (χ2n) is 3.51. The van der Waals surface area contributed by atoms with Crippen LogP contribution in [-0.2, 0) is 6.42 Å². The van der Waals surface area contributed by atoms with E-state index < -0.39 is 0 Å². The maximum Gasteiger partial charge on any atom is 0.0516 e. The van der Waals surface area contributed by atoms with Crippen LogP contribution in [0.25, 0.3) is 10.8 Å². The van der Waals surface area contributed by atoms with Gasteiger partial charge in [0.25, 0.3) is 0 Å². The van der Waals surface area contributed by atoms with E-state index in [0.717, 1.165) is 17.9 Å². The first-order valence-electron chi connectivity index (χ1n) is 4.99. The highest BCUT2D eigenvalue weighted by molar-refractivity contribution is 6.36. The van der Waals surface area contributed by atoms with Crippen LogP contribution in [0.15, 0.2) is 36.4 Å². The fourth-order valence-corrected chi connectivity index (χ4v) is 2.07. The highest BCUT2D eigenvalue weighted by atomic mass is 35.5. The van der Waals surface area contributed by atoms with Crippen LogP contribution in [0.3, 0.4) is 0 Å². The SMILES string of the molecule is CCCc1ccc2ccccc2c1Cl. The summed E-state index contributed by atoms with van der Waals surface area (Å²) < 4.78 is 0. The summed E-state index contributed by atoms with van der Waals surface area (Å²) in [6, 6.07) is 12.5. The van der Waals surface area contributed by atoms with Crippen molar-refractivity contribution in [2.75, 3.05) is 0 Å². The summed E-state index contributed by atoms with van der Waals surface area (Å²) >= 11 is 6.32. The topological polar surface area (TPSA) is 0 Å². The molecule has 2 aromatic rings. The average Bonchev–Trinajstić information content (AvgIpc) is 2.23. The van der Waals surface area contributed by atoms with Crippen LogP contribution in [0.2, 0.25) is 5.02 Å². The van der Waals surface area contributed by atoms with Gasteiger partial charge in [-0.05, 0) is 17.4 Å². The molecule has 0 bridgehead atoms. The third kappa shape index (κ3) is 1.62. The third-order valence-corrected chi connectivity index (χ3v) is 2.91. The summed E-state index contributed by atoms with van der Waals surface area (Å²) in [7, 11) is 0. The highest BCUT2D eigenvalue weighted by Crippen LogP contribution is 2.27. The Labute approximate surface area is 89.5 Å². The maximum atomic E-state index is 6.32. The maximum absolute atomic E-state index is 6.32. The van der Waals surface area contributed by atoms with E-state index in [9.17, 15) is 0 Å². The molecule has 14 heavy (non-hydrogen) atoms. The molecule has 0 aromatic heterocycles. The summed E-state index contributed by atoms with van der Waals surface area (Å²) in [6.07, 6.45) is 2.20. The zero-order valence-electron chi connectivity index (χ0n) is 8.26. The summed E-state index contributed by atoms with van der Waals surface area (Å²) in [5, 5.41) is 3.31. The smallest absolute Gasteiger partial charge is 0.0516 e. The second-order valence-corrected chi connectivity index (χ2v) is 3.89. The molecule has 0 atom stereocenters. The molecule has 2 aromatic carbocycles. The van der Waals surface area contributed by atoms with Crippen LogP contribution in [-0.4, -0.2) is 0 Å². The Kier molecular flexibility index (Phi) is 2.74. The monoisotopic (exact) mass is 204 g/mol. The Morgan fingerprint density at radius 2 is 1.86 bits per heavy atom. The van der Waals surface area contributed by atoms with E-state index in [1.165, 1.54) is 16.3 Å². The molecule has 72 valence electrons. The van der Waals surface area contributed by atoms with Gasteiger partial charge in [-0.3, -0.25) is 0 Å². The molecule has 0 aliphatic heterocycles. The van der Waals surface area contributed by atoms with E-state index in [1.807, 2.05) is 12.1 Å². The first-order valence-corrected chi connectivity index (χ1v) is 5.37. The van der Waals surface area contributed by atoms with E-state index in [2.05, 4.69) is 31.2 Å². The van der Waals surface area contributed by atoms with Gasteiger partial charge in [-0.1, -0.05) is 61.3 Å². The lowest BCUT2D eigenvalue weighted by Crippen LogP contribution is -1.85. The predicted octanol–water partition coefficient (Wildman–Crippen LogP) is 4.45. The Morgan fingerprint density at radius 1 is 1.07 bits per heavy atom. The molecule has 0 spiro atoms. The van der Waals surface area contributed by atoms with Gasteiger partial charge in [0.15, 0.2) is 0 Å². The van der Waals surface area contributed by atoms with Crippen LogP contribution in [0.5, 0.6) is 0 Å². The van der Waals surface area contributed by atoms with Crippen molar-refractivity contribution >= 4 is 22.4 Å². The molecule has 0 fully saturated rings. The van der Waals surface area contributed by atoms with Crippen LogP contribution in [0.4, 0.5) is 0 Å². The summed E-state index contributed by atoms with van der Waals surface area (Å²) in [4.78, 5) is 0. The fraction of sp³-hybridized carbons (Fsp3) is 0.231. The molecular formula is C13H13Cl. The molecule has 0 saturated heterocycles. The molecule has 0 aliphatic rings. The molecule has 0 aliphatic carbocycles. The highest BCUT2D eigenvalue weighted by Gasteiger charge is 2.03. The standard InChI is InChI=1S/C13H13Cl/c1-2-5-11-9-8-10-6-3-4-7-12(10)13(11)14/h3-4,6-9H,2,5H2,1H3. The average molecular weight is 205 g/mol. The Balaban J connectivity index is 2.63. The molecule has 0 radical (unpaired) electrons. The van der Waals surface area contributed by atoms with Gasteiger partial charge in [0.05, 0.1) is 5.02 Å². The quantitative estimate of drug-likeness (QED) is 0.678. The Bertz CT molecular complexity index is 446. The minimum atomic E-state index is 0.921. The molecule has 0 N–H and O–H groups in total. The molecular weight excluding hydrogens is 192 g/mol. The summed E-state index contributed by atoms with van der Waals surface area (Å²) in [6.45, 7) is 2.17. The van der Waals surface area contributed by atoms with E-state index in [-0.39, 0.29) is 0 Å². The van der Waals surface area contributed by atoms with E-state index in [0.29, 0.717) is 0 Å². The van der Waals surface area contributed by atoms with Crippen molar-refractivity contribution in [3.63, 3.8) is 0 Å². The van der Waals surface area contributed by atoms with Crippen molar-refractivity contribution in [1.29, 1.82) is 0 Å². The summed E-state index contributed by atoms with van der Waals surface area (Å²) in [5.41, 5.74) is 1.26. The number of aryl methyl sites for hydroxylation is 1. The largest absolute Gasteiger partial charge is 0.0834 e. The number of benzene rings is 2. The first kappa shape index (κ1) is 9.54. The lowest BCUT2D eigenvalue weighted by molar-refractivity contribution is 0.924. The summed E-state index contributed by atoms with van der Waals surface area (Å²) in [5.74, 6) is 0. The number of rotatable bonds is 2. The number of fused-ring (bicyclic) bond motifs is 1. The van der Waals surface area contributed by atoms with E-state index in [4.69, 9.17) is 11.6 Å².